The molecule has 18 nitrogen and oxygen atoms in total. The van der Waals surface area contributed by atoms with Gasteiger partial charge in [-0.1, -0.05) is 54.6 Å². The number of aromatic nitrogens is 1. The molecule has 390 valence electrons. The van der Waals surface area contributed by atoms with Gasteiger partial charge in [0.05, 0.1) is 0 Å². The second kappa shape index (κ2) is 50.3. The third kappa shape index (κ3) is 33.2. The van der Waals surface area contributed by atoms with Gasteiger partial charge < -0.3 is 96.9 Å². The minimum atomic E-state index is 0. The van der Waals surface area contributed by atoms with Crippen LogP contribution in [0.25, 0.3) is 80.3 Å². The smallest absolute Gasteiger partial charge is 0.665 e. The fourth-order valence-corrected chi connectivity index (χ4v) is 5.64. The molecule has 0 unspecified atom stereocenters. The number of hydrogen-bond donors (Lipinski definition) is 3. The molecular formula is C48H65Co3N11O7-9. The van der Waals surface area contributed by atoms with E-state index in [0.29, 0.717) is 17.0 Å². The minimum Gasteiger partial charge on any atom is -0.665 e. The fraction of sp³-hybridized carbons (Fsp3) is 0.375. The normalized spacial score (nSPS) is 14.3. The summed E-state index contributed by atoms with van der Waals surface area (Å²) in [5, 5.41) is 76.6. The van der Waals surface area contributed by atoms with Crippen molar-refractivity contribution in [2.45, 2.75) is 0 Å². The van der Waals surface area contributed by atoms with Gasteiger partial charge in [0.25, 0.3) is 0 Å². The summed E-state index contributed by atoms with van der Waals surface area (Å²) < 4.78 is 0. The predicted octanol–water partition coefficient (Wildman–Crippen LogP) is 6.78. The maximum absolute atomic E-state index is 9.34. The van der Waals surface area contributed by atoms with Gasteiger partial charge >= 0.3 is 16.8 Å². The fourth-order valence-electron chi connectivity index (χ4n) is 5.64. The minimum absolute atomic E-state index is 0. The molecular weight excluding hydrogens is 1020 g/mol. The molecule has 0 amide bonds. The molecule has 0 atom stereocenters. The molecule has 11 N–H and O–H groups in total. The van der Waals surface area contributed by atoms with Crippen molar-refractivity contribution < 1.29 is 87.6 Å². The van der Waals surface area contributed by atoms with Crippen molar-refractivity contribution in [3.63, 3.8) is 0 Å². The number of pyridine rings is 1. The monoisotopic (exact) mass is 1080 g/mol. The first kappa shape index (κ1) is 73.9. The van der Waals surface area contributed by atoms with Crippen LogP contribution in [0.3, 0.4) is 0 Å². The third-order valence-electron chi connectivity index (χ3n) is 8.71. The Balaban J connectivity index is -0.000000232. The van der Waals surface area contributed by atoms with Gasteiger partial charge in [0.15, 0.2) is 0 Å². The van der Waals surface area contributed by atoms with Gasteiger partial charge in [-0.05, 0) is 12.1 Å². The number of para-hydroxylation sites is 1. The van der Waals surface area contributed by atoms with Crippen molar-refractivity contribution in [3.05, 3.63) is 176 Å². The molecule has 6 aromatic rings. The van der Waals surface area contributed by atoms with Gasteiger partial charge in [-0.2, -0.15) is 118 Å². The van der Waals surface area contributed by atoms with Gasteiger partial charge in [0.2, 0.25) is 0 Å². The van der Waals surface area contributed by atoms with Crippen molar-refractivity contribution in [2.24, 2.45) is 0 Å². The van der Waals surface area contributed by atoms with Gasteiger partial charge in [-0.25, -0.2) is 0 Å². The third-order valence-corrected chi connectivity index (χ3v) is 8.71. The number of phenolic OH excluding ortho intramolecular Hbond substituents is 3. The summed E-state index contributed by atoms with van der Waals surface area (Å²) >= 11 is 0. The molecule has 0 bridgehead atoms. The van der Waals surface area contributed by atoms with E-state index in [2.05, 4.69) is 65.0 Å². The standard InChI is InChI=1S/2C10H7O.C9H7NO.3C6H12N3.CN.3Co.4H2O/c2*11-10-7-3-5-8-4-1-2-6-9(8)10;11-8-5-1-3-7-4-2-6-10-9(7)8;3*1-2-8-5-6-9-4-3-7-1;1-2;;;;;;;/h2*1-5,7,11H;1-6,11H;3*1-6H2;;;;;4*1H2/q2*-1;;3*-3;-1;;;+3;;;;. The van der Waals surface area contributed by atoms with Crippen LogP contribution in [0.4, 0.5) is 0 Å². The van der Waals surface area contributed by atoms with E-state index in [-0.39, 0.29) is 78.0 Å². The van der Waals surface area contributed by atoms with Gasteiger partial charge in [-0.3, -0.25) is 4.98 Å². The first-order chi connectivity index (χ1) is 30.6. The van der Waals surface area contributed by atoms with Crippen LogP contribution >= 0.6 is 0 Å². The largest absolute Gasteiger partial charge is 3.00 e. The molecule has 3 fully saturated rings. The van der Waals surface area contributed by atoms with Crippen LogP contribution < -0.4 is 0 Å². The second-order valence-corrected chi connectivity index (χ2v) is 13.2. The summed E-state index contributed by atoms with van der Waals surface area (Å²) in [5.74, 6) is 0.828. The Morgan fingerprint density at radius 1 is 0.377 bits per heavy atom. The van der Waals surface area contributed by atoms with Crippen LogP contribution in [0.5, 0.6) is 17.2 Å². The van der Waals surface area contributed by atoms with Crippen LogP contribution in [0, 0.1) is 24.0 Å². The zero-order chi connectivity index (χ0) is 44.1. The van der Waals surface area contributed by atoms with Gasteiger partial charge in [0.1, 0.15) is 11.3 Å². The molecule has 5 aromatic carbocycles. The molecule has 3 saturated heterocycles. The molecule has 0 aliphatic carbocycles. The molecule has 4 heterocycles. The Hall–Kier alpha value is -4.08. The van der Waals surface area contributed by atoms with E-state index in [1.807, 2.05) is 66.7 Å². The number of rotatable bonds is 0. The van der Waals surface area contributed by atoms with E-state index in [1.54, 1.807) is 42.6 Å². The molecule has 21 heteroatoms. The number of benzene rings is 5. The van der Waals surface area contributed by atoms with Crippen molar-refractivity contribution in [3.8, 4) is 17.2 Å². The van der Waals surface area contributed by atoms with Crippen LogP contribution in [0.15, 0.2) is 109 Å². The second-order valence-electron chi connectivity index (χ2n) is 13.2. The molecule has 69 heavy (non-hydrogen) atoms. The van der Waals surface area contributed by atoms with E-state index in [1.165, 1.54) is 0 Å². The van der Waals surface area contributed by atoms with Crippen molar-refractivity contribution >= 4 is 32.4 Å². The average molecular weight is 1080 g/mol. The summed E-state index contributed by atoms with van der Waals surface area (Å²) in [6.07, 6.45) is 1.67. The van der Waals surface area contributed by atoms with Gasteiger partial charge in [-0.15, -0.1) is 70.1 Å². The summed E-state index contributed by atoms with van der Waals surface area (Å²) in [6, 6.07) is 37.2. The molecule has 9 rings (SSSR count). The average Bonchev–Trinajstić information content (AvgIpc) is 3.67. The van der Waals surface area contributed by atoms with Crippen molar-refractivity contribution in [2.75, 3.05) is 118 Å². The summed E-state index contributed by atoms with van der Waals surface area (Å²) in [4.78, 5) is 4.03. The van der Waals surface area contributed by atoms with E-state index in [4.69, 9.17) is 11.8 Å². The van der Waals surface area contributed by atoms with Crippen LogP contribution in [-0.2, 0) is 50.3 Å². The van der Waals surface area contributed by atoms with E-state index < -0.39 is 0 Å². The Bertz CT molecular complexity index is 1760. The summed E-state index contributed by atoms with van der Waals surface area (Å²) in [6.45, 7) is 20.9. The molecule has 3 aliphatic rings. The molecule has 3 aliphatic heterocycles. The van der Waals surface area contributed by atoms with Crippen molar-refractivity contribution in [1.82, 2.24) is 4.98 Å². The number of fused-ring (bicyclic) bond motifs is 3. The zero-order valence-corrected chi connectivity index (χ0v) is 41.5. The Kier molecular flexibility index (Phi) is 53.9. The van der Waals surface area contributed by atoms with E-state index in [9.17, 15) is 15.3 Å². The number of aromatic hydroxyl groups is 3. The SMILES string of the molecule is C1C[N-]CC[N-]CC[N-]1.C1C[N-]CC[N-]CC[N-]1.C1C[N-]CC[N-]CC[N-]1.O.O.O.O.Oc1cccc2ccc[c-]c12.Oc1cccc2ccc[c-]c12.Oc1cccc2cccnc12.[C-]#N.[Co+3].[Co].[Co]. The van der Waals surface area contributed by atoms with Crippen LogP contribution in [0.1, 0.15) is 0 Å². The quantitative estimate of drug-likeness (QED) is 0.138. The van der Waals surface area contributed by atoms with Crippen LogP contribution in [0.2, 0.25) is 0 Å². The van der Waals surface area contributed by atoms with Crippen LogP contribution in [-0.4, -0.2) is 160 Å². The molecule has 0 spiro atoms. The van der Waals surface area contributed by atoms with E-state index in [0.717, 1.165) is 145 Å². The molecule has 1 aromatic heterocycles. The summed E-state index contributed by atoms with van der Waals surface area (Å²) in [5.41, 5.74) is 0.662. The van der Waals surface area contributed by atoms with Gasteiger partial charge in [0, 0.05) is 56.6 Å². The Morgan fingerprint density at radius 3 is 0.899 bits per heavy atom. The van der Waals surface area contributed by atoms with Crippen molar-refractivity contribution in [1.29, 1.82) is 5.26 Å². The molecule has 0 saturated carbocycles. The number of phenols is 3. The predicted molar refractivity (Wildman–Crippen MR) is 270 cm³/mol. The first-order valence-corrected chi connectivity index (χ1v) is 20.7. The summed E-state index contributed by atoms with van der Waals surface area (Å²) in [7, 11) is 0. The topological polar surface area (TPSA) is 350 Å². The zero-order valence-electron chi connectivity index (χ0n) is 38.4. The molecule has 2 radical (unpaired) electrons. The van der Waals surface area contributed by atoms with E-state index >= 15 is 0 Å². The Morgan fingerprint density at radius 2 is 0.623 bits per heavy atom. The number of nitrogens with zero attached hydrogens (tertiary/aromatic N) is 11. The maximum atomic E-state index is 9.34. The first-order valence-electron chi connectivity index (χ1n) is 20.7. The Labute approximate surface area is 438 Å². The number of hydrogen-bond acceptors (Lipinski definition) is 5. The maximum Gasteiger partial charge on any atom is 3.00 e.